The van der Waals surface area contributed by atoms with E-state index in [9.17, 15) is 4.79 Å². The number of hydrogen-bond acceptors (Lipinski definition) is 3. The molecule has 0 saturated carbocycles. The lowest BCUT2D eigenvalue weighted by atomic mass is 10.7. The van der Waals surface area contributed by atoms with Crippen molar-refractivity contribution in [2.45, 2.75) is 0 Å². The van der Waals surface area contributed by atoms with Crippen LogP contribution in [0.25, 0.3) is 0 Å². The van der Waals surface area contributed by atoms with E-state index < -0.39 is 5.97 Å². The third-order valence-electron chi connectivity index (χ3n) is 0.388. The van der Waals surface area contributed by atoms with Gasteiger partial charge in [-0.3, -0.25) is 10.1 Å². The molecule has 0 aromatic heterocycles. The highest BCUT2D eigenvalue weighted by molar-refractivity contribution is 5.68. The van der Waals surface area contributed by atoms with E-state index in [2.05, 4.69) is 5.32 Å². The Morgan fingerprint density at radius 1 is 1.62 bits per heavy atom. The maximum Gasteiger partial charge on any atom is 0.317 e. The Morgan fingerprint density at radius 2 is 2.12 bits per heavy atom. The smallest absolute Gasteiger partial charge is 0.317 e. The average Bonchev–Trinajstić information content (AvgIpc) is 1.61. The molecule has 0 unspecified atom stereocenters. The van der Waals surface area contributed by atoms with Gasteiger partial charge >= 0.3 is 5.97 Å². The number of aliphatic hydroxyl groups is 1. The molecule has 0 aromatic carbocycles. The Morgan fingerprint density at radius 3 is 2.25 bits per heavy atom. The summed E-state index contributed by atoms with van der Waals surface area (Å²) in [7, 11) is 0. The lowest BCUT2D eigenvalue weighted by Gasteiger charge is -1.90. The number of aliphatic hydroxyl groups excluding tert-OH is 1. The van der Waals surface area contributed by atoms with Gasteiger partial charge in [0.05, 0.1) is 13.3 Å². The first-order valence-electron chi connectivity index (χ1n) is 1.80. The van der Waals surface area contributed by atoms with Gasteiger partial charge in [0.25, 0.3) is 0 Å². The van der Waals surface area contributed by atoms with Crippen LogP contribution < -0.4 is 5.32 Å². The van der Waals surface area contributed by atoms with E-state index in [4.69, 9.17) is 10.2 Å². The van der Waals surface area contributed by atoms with Gasteiger partial charge in [0.1, 0.15) is 0 Å². The summed E-state index contributed by atoms with van der Waals surface area (Å²) in [5, 5.41) is 18.0. The van der Waals surface area contributed by atoms with Crippen molar-refractivity contribution >= 4 is 5.97 Å². The first-order valence-corrected chi connectivity index (χ1v) is 1.80. The number of carboxylic acids is 1. The van der Waals surface area contributed by atoms with Crippen LogP contribution in [-0.2, 0) is 4.79 Å². The molecule has 5 nitrogen and oxygen atoms in total. The molecule has 0 bridgehead atoms. The maximum atomic E-state index is 9.58. The van der Waals surface area contributed by atoms with Crippen LogP contribution in [0.1, 0.15) is 0 Å². The summed E-state index contributed by atoms with van der Waals surface area (Å²) in [5.74, 6) is -0.964. The van der Waals surface area contributed by atoms with Gasteiger partial charge in [-0.1, -0.05) is 0 Å². The van der Waals surface area contributed by atoms with Crippen LogP contribution in [0, 0.1) is 0 Å². The van der Waals surface area contributed by atoms with E-state index >= 15 is 0 Å². The quantitative estimate of drug-likeness (QED) is 0.370. The van der Waals surface area contributed by atoms with Gasteiger partial charge in [-0.05, 0) is 0 Å². The first-order chi connectivity index (χ1) is 3.27. The highest BCUT2D eigenvalue weighted by atomic mass is 16.4. The van der Waals surface area contributed by atoms with Gasteiger partial charge in [-0.25, -0.2) is 0 Å². The molecule has 8 heavy (non-hydrogen) atoms. The normalized spacial score (nSPS) is 7.62. The minimum Gasteiger partial charge on any atom is -0.480 e. The number of carboxylic acid groups (broad SMARTS) is 1. The molecule has 0 aromatic rings. The third-order valence-corrected chi connectivity index (χ3v) is 0.388. The number of rotatable bonds is 3. The van der Waals surface area contributed by atoms with E-state index in [1.54, 1.807) is 0 Å². The Balaban J connectivity index is 0. The highest BCUT2D eigenvalue weighted by Gasteiger charge is 1.89. The molecule has 0 heterocycles. The van der Waals surface area contributed by atoms with Crippen LogP contribution in [0.4, 0.5) is 0 Å². The Labute approximate surface area is 46.2 Å². The number of carbonyl (C=O) groups is 1. The van der Waals surface area contributed by atoms with Crippen LogP contribution in [0.5, 0.6) is 0 Å². The molecule has 0 radical (unpaired) electrons. The Hall–Kier alpha value is -0.650. The molecular weight excluding hydrogens is 114 g/mol. The average molecular weight is 123 g/mol. The van der Waals surface area contributed by atoms with Crippen molar-refractivity contribution in [2.24, 2.45) is 0 Å². The maximum absolute atomic E-state index is 9.58. The molecule has 5 heteroatoms. The lowest BCUT2D eigenvalue weighted by molar-refractivity contribution is -0.136. The van der Waals surface area contributed by atoms with Gasteiger partial charge in [0.15, 0.2) is 0 Å². The molecule has 0 aliphatic rings. The second kappa shape index (κ2) is 6.35. The van der Waals surface area contributed by atoms with Gasteiger partial charge < -0.3 is 15.7 Å². The fourth-order valence-electron chi connectivity index (χ4n) is 0.163. The van der Waals surface area contributed by atoms with Crippen LogP contribution >= 0.6 is 0 Å². The molecular formula is C3H9NO4. The molecule has 0 saturated heterocycles. The minimum atomic E-state index is -0.964. The standard InChI is InChI=1S/C3H7NO3.H2O/c5-2-4-1-3(6)7;/h4-5H,1-2H2,(H,6,7);1H2. The molecule has 0 fully saturated rings. The van der Waals surface area contributed by atoms with Crippen molar-refractivity contribution in [1.29, 1.82) is 0 Å². The van der Waals surface area contributed by atoms with Gasteiger partial charge in [-0.15, -0.1) is 0 Å². The fourth-order valence-corrected chi connectivity index (χ4v) is 0.163. The zero-order valence-corrected chi connectivity index (χ0v) is 4.22. The lowest BCUT2D eigenvalue weighted by Crippen LogP contribution is -2.22. The summed E-state index contributed by atoms with van der Waals surface area (Å²) in [6.07, 6.45) is 0. The third kappa shape index (κ3) is 9.02. The Kier molecular flexibility index (Phi) is 8.22. The second-order valence-electron chi connectivity index (χ2n) is 0.979. The van der Waals surface area contributed by atoms with E-state index in [0.717, 1.165) is 0 Å². The molecule has 0 aliphatic carbocycles. The molecule has 0 amide bonds. The van der Waals surface area contributed by atoms with Crippen molar-refractivity contribution in [2.75, 3.05) is 13.3 Å². The number of aliphatic carboxylic acids is 1. The predicted molar refractivity (Wildman–Crippen MR) is 26.3 cm³/mol. The summed E-state index contributed by atoms with van der Waals surface area (Å²) in [6.45, 7) is -0.469. The fraction of sp³-hybridized carbons (Fsp3) is 0.667. The summed E-state index contributed by atoms with van der Waals surface area (Å²) in [5.41, 5.74) is 0. The van der Waals surface area contributed by atoms with Crippen molar-refractivity contribution in [1.82, 2.24) is 5.32 Å². The van der Waals surface area contributed by atoms with Crippen molar-refractivity contribution in [3.63, 3.8) is 0 Å². The highest BCUT2D eigenvalue weighted by Crippen LogP contribution is 1.54. The number of hydrogen-bond donors (Lipinski definition) is 3. The van der Waals surface area contributed by atoms with Crippen LogP contribution in [-0.4, -0.2) is 34.9 Å². The Bertz CT molecular complexity index is 64.3. The molecule has 0 spiro atoms. The zero-order valence-electron chi connectivity index (χ0n) is 4.22. The summed E-state index contributed by atoms with van der Waals surface area (Å²) >= 11 is 0. The van der Waals surface area contributed by atoms with Crippen LogP contribution in [0.2, 0.25) is 0 Å². The summed E-state index contributed by atoms with van der Waals surface area (Å²) in [4.78, 5) is 9.58. The monoisotopic (exact) mass is 123 g/mol. The van der Waals surface area contributed by atoms with Crippen LogP contribution in [0.3, 0.4) is 0 Å². The van der Waals surface area contributed by atoms with Gasteiger partial charge in [0.2, 0.25) is 0 Å². The molecule has 0 rings (SSSR count). The number of nitrogens with one attached hydrogen (secondary N) is 1. The van der Waals surface area contributed by atoms with E-state index in [1.807, 2.05) is 0 Å². The van der Waals surface area contributed by atoms with E-state index in [0.29, 0.717) is 0 Å². The van der Waals surface area contributed by atoms with Crippen molar-refractivity contribution in [3.8, 4) is 0 Å². The zero-order chi connectivity index (χ0) is 5.70. The van der Waals surface area contributed by atoms with Gasteiger partial charge in [0, 0.05) is 0 Å². The predicted octanol–water partition coefficient (Wildman–Crippen LogP) is -2.21. The molecule has 0 aliphatic heterocycles. The summed E-state index contributed by atoms with van der Waals surface area (Å²) < 4.78 is 0. The largest absolute Gasteiger partial charge is 0.480 e. The summed E-state index contributed by atoms with van der Waals surface area (Å²) in [6, 6.07) is 0. The van der Waals surface area contributed by atoms with Gasteiger partial charge in [-0.2, -0.15) is 0 Å². The first kappa shape index (κ1) is 10.4. The second-order valence-corrected chi connectivity index (χ2v) is 0.979. The SMILES string of the molecule is O.O=C(O)CNCO. The molecule has 5 N–H and O–H groups in total. The van der Waals surface area contributed by atoms with Crippen LogP contribution in [0.15, 0.2) is 0 Å². The van der Waals surface area contributed by atoms with Crippen molar-refractivity contribution in [3.05, 3.63) is 0 Å². The van der Waals surface area contributed by atoms with Crippen molar-refractivity contribution < 1.29 is 20.5 Å². The molecule has 0 atom stereocenters. The molecule has 50 valence electrons. The van der Waals surface area contributed by atoms with E-state index in [1.165, 1.54) is 0 Å². The topological polar surface area (TPSA) is 101 Å². The minimum absolute atomic E-state index is 0. The van der Waals surface area contributed by atoms with E-state index in [-0.39, 0.29) is 18.8 Å².